The molecule has 1 heterocycles. The molecule has 1 aliphatic heterocycles. The van der Waals surface area contributed by atoms with E-state index < -0.39 is 0 Å². The number of anilines is 1. The van der Waals surface area contributed by atoms with Gasteiger partial charge in [0.25, 0.3) is 0 Å². The van der Waals surface area contributed by atoms with Crippen molar-refractivity contribution in [2.45, 2.75) is 45.2 Å². The maximum atomic E-state index is 3.70. The zero-order valence-electron chi connectivity index (χ0n) is 11.5. The molecule has 1 aromatic carbocycles. The number of hydrogen-bond acceptors (Lipinski definition) is 2. The minimum Gasteiger partial charge on any atom is -0.366 e. The third kappa shape index (κ3) is 2.39. The summed E-state index contributed by atoms with van der Waals surface area (Å²) in [5.74, 6) is 0.697. The van der Waals surface area contributed by atoms with Crippen LogP contribution < -0.4 is 10.2 Å². The van der Waals surface area contributed by atoms with Crippen molar-refractivity contribution in [1.29, 1.82) is 0 Å². The first-order chi connectivity index (χ1) is 8.75. The predicted molar refractivity (Wildman–Crippen MR) is 77.1 cm³/mol. The van der Waals surface area contributed by atoms with Gasteiger partial charge in [0.2, 0.25) is 0 Å². The van der Waals surface area contributed by atoms with Crippen LogP contribution >= 0.6 is 0 Å². The molecule has 18 heavy (non-hydrogen) atoms. The molecule has 0 amide bonds. The molecule has 1 aliphatic carbocycles. The van der Waals surface area contributed by atoms with Gasteiger partial charge in [0, 0.05) is 30.9 Å². The first kappa shape index (κ1) is 12.0. The normalized spacial score (nSPS) is 20.3. The lowest BCUT2D eigenvalue weighted by Gasteiger charge is -2.33. The molecule has 1 atom stereocenters. The first-order valence-electron chi connectivity index (χ1n) is 7.33. The van der Waals surface area contributed by atoms with Crippen LogP contribution in [0.1, 0.15) is 32.3 Å². The van der Waals surface area contributed by atoms with E-state index in [0.717, 1.165) is 12.6 Å². The van der Waals surface area contributed by atoms with E-state index in [4.69, 9.17) is 0 Å². The number of fused-ring (bicyclic) bond motifs is 1. The van der Waals surface area contributed by atoms with Crippen LogP contribution in [0.4, 0.5) is 5.69 Å². The van der Waals surface area contributed by atoms with Crippen LogP contribution in [0.3, 0.4) is 0 Å². The highest BCUT2D eigenvalue weighted by Crippen LogP contribution is 2.31. The van der Waals surface area contributed by atoms with E-state index in [1.165, 1.54) is 37.1 Å². The van der Waals surface area contributed by atoms with Crippen LogP contribution in [0.2, 0.25) is 0 Å². The molecular formula is C16H24N2. The molecule has 1 saturated carbocycles. The minimum absolute atomic E-state index is 0.634. The molecule has 0 aromatic heterocycles. The van der Waals surface area contributed by atoms with E-state index in [1.807, 2.05) is 0 Å². The highest BCUT2D eigenvalue weighted by Gasteiger charge is 2.29. The summed E-state index contributed by atoms with van der Waals surface area (Å²) < 4.78 is 0. The van der Waals surface area contributed by atoms with Gasteiger partial charge >= 0.3 is 0 Å². The van der Waals surface area contributed by atoms with E-state index in [2.05, 4.69) is 48.3 Å². The zero-order valence-corrected chi connectivity index (χ0v) is 11.5. The van der Waals surface area contributed by atoms with Crippen LogP contribution in [0, 0.1) is 5.92 Å². The van der Waals surface area contributed by atoms with Crippen molar-refractivity contribution >= 4 is 5.69 Å². The fourth-order valence-electron chi connectivity index (χ4n) is 2.99. The van der Waals surface area contributed by atoms with E-state index in [0.29, 0.717) is 12.0 Å². The summed E-state index contributed by atoms with van der Waals surface area (Å²) in [6.07, 6.45) is 3.96. The van der Waals surface area contributed by atoms with Crippen molar-refractivity contribution < 1.29 is 0 Å². The van der Waals surface area contributed by atoms with Crippen molar-refractivity contribution in [3.05, 3.63) is 29.8 Å². The smallest absolute Gasteiger partial charge is 0.0437 e. The van der Waals surface area contributed by atoms with Gasteiger partial charge in [-0.25, -0.2) is 0 Å². The second-order valence-electron chi connectivity index (χ2n) is 6.07. The molecule has 0 bridgehead atoms. The quantitative estimate of drug-likeness (QED) is 0.857. The Morgan fingerprint density at radius 1 is 1.28 bits per heavy atom. The standard InChI is InChI=1S/C16H24N2/c1-12(2)16(11-17-14-7-8-14)18-10-9-13-5-3-4-6-15(13)18/h3-6,12,14,16-17H,7-11H2,1-2H3. The Bertz CT molecular complexity index is 409. The average Bonchev–Trinajstić information content (AvgIpc) is 3.09. The van der Waals surface area contributed by atoms with Crippen LogP contribution in [0.25, 0.3) is 0 Å². The third-order valence-electron chi connectivity index (χ3n) is 4.29. The van der Waals surface area contributed by atoms with Gasteiger partial charge < -0.3 is 10.2 Å². The van der Waals surface area contributed by atoms with Crippen LogP contribution in [-0.4, -0.2) is 25.2 Å². The van der Waals surface area contributed by atoms with Gasteiger partial charge in [-0.15, -0.1) is 0 Å². The minimum atomic E-state index is 0.634. The van der Waals surface area contributed by atoms with Gasteiger partial charge in [-0.3, -0.25) is 0 Å². The van der Waals surface area contributed by atoms with Crippen LogP contribution in [-0.2, 0) is 6.42 Å². The van der Waals surface area contributed by atoms with Crippen LogP contribution in [0.5, 0.6) is 0 Å². The fourth-order valence-corrected chi connectivity index (χ4v) is 2.99. The Morgan fingerprint density at radius 2 is 2.06 bits per heavy atom. The number of benzene rings is 1. The number of para-hydroxylation sites is 1. The summed E-state index contributed by atoms with van der Waals surface area (Å²) in [7, 11) is 0. The molecule has 1 aromatic rings. The van der Waals surface area contributed by atoms with Gasteiger partial charge in [0.15, 0.2) is 0 Å². The average molecular weight is 244 g/mol. The molecule has 1 unspecified atom stereocenters. The summed E-state index contributed by atoms with van der Waals surface area (Å²) >= 11 is 0. The summed E-state index contributed by atoms with van der Waals surface area (Å²) in [4.78, 5) is 2.62. The van der Waals surface area contributed by atoms with Gasteiger partial charge in [0.1, 0.15) is 0 Å². The molecule has 2 aliphatic rings. The fraction of sp³-hybridized carbons (Fsp3) is 0.625. The highest BCUT2D eigenvalue weighted by atomic mass is 15.2. The second-order valence-corrected chi connectivity index (χ2v) is 6.07. The molecule has 98 valence electrons. The maximum Gasteiger partial charge on any atom is 0.0437 e. The number of rotatable bonds is 5. The number of nitrogens with zero attached hydrogens (tertiary/aromatic N) is 1. The van der Waals surface area contributed by atoms with Crippen molar-refractivity contribution in [3.8, 4) is 0 Å². The lowest BCUT2D eigenvalue weighted by Crippen LogP contribution is -2.45. The van der Waals surface area contributed by atoms with Crippen molar-refractivity contribution in [1.82, 2.24) is 5.32 Å². The van der Waals surface area contributed by atoms with Crippen molar-refractivity contribution in [3.63, 3.8) is 0 Å². The van der Waals surface area contributed by atoms with Crippen molar-refractivity contribution in [2.24, 2.45) is 5.92 Å². The van der Waals surface area contributed by atoms with E-state index in [9.17, 15) is 0 Å². The molecule has 0 spiro atoms. The molecular weight excluding hydrogens is 220 g/mol. The Morgan fingerprint density at radius 3 is 2.78 bits per heavy atom. The van der Waals surface area contributed by atoms with E-state index in [1.54, 1.807) is 0 Å². The van der Waals surface area contributed by atoms with Gasteiger partial charge in [-0.05, 0) is 36.8 Å². The highest BCUT2D eigenvalue weighted by molar-refractivity contribution is 5.58. The van der Waals surface area contributed by atoms with E-state index in [-0.39, 0.29) is 0 Å². The lowest BCUT2D eigenvalue weighted by atomic mass is 10.0. The molecule has 0 saturated heterocycles. The molecule has 2 nitrogen and oxygen atoms in total. The summed E-state index contributed by atoms with van der Waals surface area (Å²) in [6, 6.07) is 10.3. The Labute approximate surface area is 110 Å². The zero-order chi connectivity index (χ0) is 12.5. The Balaban J connectivity index is 1.74. The molecule has 1 fully saturated rings. The molecule has 1 N–H and O–H groups in total. The van der Waals surface area contributed by atoms with Gasteiger partial charge in [-0.1, -0.05) is 32.0 Å². The monoisotopic (exact) mass is 244 g/mol. The largest absolute Gasteiger partial charge is 0.366 e. The summed E-state index contributed by atoms with van der Waals surface area (Å²) in [5.41, 5.74) is 2.99. The molecule has 2 heteroatoms. The number of hydrogen-bond donors (Lipinski definition) is 1. The maximum absolute atomic E-state index is 3.70. The SMILES string of the molecule is CC(C)C(CNC1CC1)N1CCc2ccccc21. The first-order valence-corrected chi connectivity index (χ1v) is 7.33. The Hall–Kier alpha value is -1.02. The van der Waals surface area contributed by atoms with Gasteiger partial charge in [0.05, 0.1) is 0 Å². The molecule has 3 rings (SSSR count). The van der Waals surface area contributed by atoms with E-state index >= 15 is 0 Å². The van der Waals surface area contributed by atoms with Crippen LogP contribution in [0.15, 0.2) is 24.3 Å². The third-order valence-corrected chi connectivity index (χ3v) is 4.29. The lowest BCUT2D eigenvalue weighted by molar-refractivity contribution is 0.431. The predicted octanol–water partition coefficient (Wildman–Crippen LogP) is 2.83. The molecule has 0 radical (unpaired) electrons. The Kier molecular flexibility index (Phi) is 3.29. The summed E-state index contributed by atoms with van der Waals surface area (Å²) in [6.45, 7) is 7.02. The van der Waals surface area contributed by atoms with Gasteiger partial charge in [-0.2, -0.15) is 0 Å². The van der Waals surface area contributed by atoms with Crippen molar-refractivity contribution in [2.75, 3.05) is 18.0 Å². The number of nitrogens with one attached hydrogen (secondary N) is 1. The topological polar surface area (TPSA) is 15.3 Å². The second kappa shape index (κ2) is 4.93. The summed E-state index contributed by atoms with van der Waals surface area (Å²) in [5, 5.41) is 3.70.